The summed E-state index contributed by atoms with van der Waals surface area (Å²) in [6.45, 7) is 6.50. The molecule has 1 aliphatic rings. The summed E-state index contributed by atoms with van der Waals surface area (Å²) >= 11 is 0. The van der Waals surface area contributed by atoms with Crippen LogP contribution in [0.1, 0.15) is 33.5 Å². The molecule has 2 aromatic carbocycles. The summed E-state index contributed by atoms with van der Waals surface area (Å²) in [4.78, 5) is 28.8. The van der Waals surface area contributed by atoms with Crippen molar-refractivity contribution in [2.24, 2.45) is 0 Å². The molecule has 0 aromatic heterocycles. The predicted molar refractivity (Wildman–Crippen MR) is 103 cm³/mol. The SMILES string of the molecule is Cc1ccc(C(=O)N2CCN(C(=O)CCc3ccccc3)CC2)cc1C. The number of amides is 2. The quantitative estimate of drug-likeness (QED) is 0.849. The van der Waals surface area contributed by atoms with Crippen molar-refractivity contribution in [3.63, 3.8) is 0 Å². The number of piperazine rings is 1. The van der Waals surface area contributed by atoms with Gasteiger partial charge in [-0.15, -0.1) is 0 Å². The second-order valence-electron chi connectivity index (χ2n) is 6.96. The van der Waals surface area contributed by atoms with Crippen LogP contribution >= 0.6 is 0 Å². The van der Waals surface area contributed by atoms with E-state index in [2.05, 4.69) is 0 Å². The van der Waals surface area contributed by atoms with Crippen molar-refractivity contribution in [3.05, 3.63) is 70.8 Å². The highest BCUT2D eigenvalue weighted by atomic mass is 16.2. The van der Waals surface area contributed by atoms with Crippen LogP contribution in [-0.2, 0) is 11.2 Å². The van der Waals surface area contributed by atoms with Crippen LogP contribution in [0.3, 0.4) is 0 Å². The summed E-state index contributed by atoms with van der Waals surface area (Å²) in [5.41, 5.74) is 4.24. The van der Waals surface area contributed by atoms with Gasteiger partial charge in [-0.05, 0) is 49.1 Å². The molecule has 3 rings (SSSR count). The lowest BCUT2D eigenvalue weighted by Gasteiger charge is -2.35. The summed E-state index contributed by atoms with van der Waals surface area (Å²) in [6, 6.07) is 15.9. The molecule has 136 valence electrons. The van der Waals surface area contributed by atoms with Crippen LogP contribution in [0.15, 0.2) is 48.5 Å². The molecule has 1 heterocycles. The van der Waals surface area contributed by atoms with Crippen LogP contribution in [-0.4, -0.2) is 47.8 Å². The molecule has 2 amide bonds. The summed E-state index contributed by atoms with van der Waals surface area (Å²) in [5, 5.41) is 0. The third-order valence-electron chi connectivity index (χ3n) is 5.14. The molecular formula is C22H26N2O2. The Morgan fingerprint density at radius 3 is 2.15 bits per heavy atom. The molecule has 0 spiro atoms. The molecule has 4 heteroatoms. The van der Waals surface area contributed by atoms with E-state index in [1.165, 1.54) is 11.1 Å². The molecule has 0 bridgehead atoms. The van der Waals surface area contributed by atoms with Crippen molar-refractivity contribution in [2.45, 2.75) is 26.7 Å². The zero-order valence-corrected chi connectivity index (χ0v) is 15.6. The Hall–Kier alpha value is -2.62. The van der Waals surface area contributed by atoms with Crippen molar-refractivity contribution < 1.29 is 9.59 Å². The standard InChI is InChI=1S/C22H26N2O2/c1-17-8-10-20(16-18(17)2)22(26)24-14-12-23(13-15-24)21(25)11-9-19-6-4-3-5-7-19/h3-8,10,16H,9,11-15H2,1-2H3. The zero-order valence-electron chi connectivity index (χ0n) is 15.6. The maximum Gasteiger partial charge on any atom is 0.253 e. The minimum absolute atomic E-state index is 0.0597. The van der Waals surface area contributed by atoms with Gasteiger partial charge in [0.2, 0.25) is 5.91 Å². The maximum absolute atomic E-state index is 12.7. The van der Waals surface area contributed by atoms with Gasteiger partial charge in [0.1, 0.15) is 0 Å². The van der Waals surface area contributed by atoms with Crippen molar-refractivity contribution >= 4 is 11.8 Å². The van der Waals surface area contributed by atoms with Gasteiger partial charge in [0.15, 0.2) is 0 Å². The number of hydrogen-bond acceptors (Lipinski definition) is 2. The fraction of sp³-hybridized carbons (Fsp3) is 0.364. The second-order valence-corrected chi connectivity index (χ2v) is 6.96. The van der Waals surface area contributed by atoms with E-state index < -0.39 is 0 Å². The van der Waals surface area contributed by atoms with Gasteiger partial charge in [0.05, 0.1) is 0 Å². The average Bonchev–Trinajstić information content (AvgIpc) is 2.68. The van der Waals surface area contributed by atoms with E-state index in [-0.39, 0.29) is 11.8 Å². The van der Waals surface area contributed by atoms with Crippen LogP contribution in [0.2, 0.25) is 0 Å². The van der Waals surface area contributed by atoms with Gasteiger partial charge in [0, 0.05) is 38.2 Å². The van der Waals surface area contributed by atoms with Crippen molar-refractivity contribution in [3.8, 4) is 0 Å². The van der Waals surface area contributed by atoms with Gasteiger partial charge in [-0.25, -0.2) is 0 Å². The number of benzene rings is 2. The molecule has 1 saturated heterocycles. The molecule has 0 saturated carbocycles. The van der Waals surface area contributed by atoms with E-state index >= 15 is 0 Å². The van der Waals surface area contributed by atoms with E-state index in [1.807, 2.05) is 72.2 Å². The Balaban J connectivity index is 1.51. The second kappa shape index (κ2) is 8.17. The Kier molecular flexibility index (Phi) is 5.71. The van der Waals surface area contributed by atoms with Crippen LogP contribution in [0, 0.1) is 13.8 Å². The highest BCUT2D eigenvalue weighted by molar-refractivity contribution is 5.94. The van der Waals surface area contributed by atoms with Gasteiger partial charge in [-0.2, -0.15) is 0 Å². The summed E-state index contributed by atoms with van der Waals surface area (Å²) in [5.74, 6) is 0.233. The van der Waals surface area contributed by atoms with Gasteiger partial charge in [-0.1, -0.05) is 36.4 Å². The number of nitrogens with zero attached hydrogens (tertiary/aromatic N) is 2. The third kappa shape index (κ3) is 4.31. The van der Waals surface area contributed by atoms with E-state index in [9.17, 15) is 9.59 Å². The van der Waals surface area contributed by atoms with E-state index in [1.54, 1.807) is 0 Å². The van der Waals surface area contributed by atoms with Crippen molar-refractivity contribution in [2.75, 3.05) is 26.2 Å². The normalized spacial score (nSPS) is 14.4. The predicted octanol–water partition coefficient (Wildman–Crippen LogP) is 3.22. The number of hydrogen-bond donors (Lipinski definition) is 0. The van der Waals surface area contributed by atoms with E-state index in [0.717, 1.165) is 17.5 Å². The van der Waals surface area contributed by atoms with Crippen molar-refractivity contribution in [1.82, 2.24) is 9.80 Å². The molecule has 1 aliphatic heterocycles. The molecule has 1 fully saturated rings. The summed E-state index contributed by atoms with van der Waals surface area (Å²) in [6.07, 6.45) is 1.29. The highest BCUT2D eigenvalue weighted by Crippen LogP contribution is 2.14. The highest BCUT2D eigenvalue weighted by Gasteiger charge is 2.24. The zero-order chi connectivity index (χ0) is 18.5. The van der Waals surface area contributed by atoms with Gasteiger partial charge < -0.3 is 9.80 Å². The van der Waals surface area contributed by atoms with Crippen LogP contribution in [0.25, 0.3) is 0 Å². The van der Waals surface area contributed by atoms with Crippen LogP contribution in [0.5, 0.6) is 0 Å². The fourth-order valence-corrected chi connectivity index (χ4v) is 3.27. The number of rotatable bonds is 4. The van der Waals surface area contributed by atoms with E-state index in [0.29, 0.717) is 32.6 Å². The van der Waals surface area contributed by atoms with Crippen LogP contribution in [0.4, 0.5) is 0 Å². The Labute approximate surface area is 155 Å². The first-order valence-corrected chi connectivity index (χ1v) is 9.23. The molecule has 4 nitrogen and oxygen atoms in total. The van der Waals surface area contributed by atoms with E-state index in [4.69, 9.17) is 0 Å². The van der Waals surface area contributed by atoms with Gasteiger partial charge in [-0.3, -0.25) is 9.59 Å². The molecule has 0 atom stereocenters. The molecular weight excluding hydrogens is 324 g/mol. The molecule has 0 radical (unpaired) electrons. The molecule has 2 aromatic rings. The summed E-state index contributed by atoms with van der Waals surface area (Å²) < 4.78 is 0. The third-order valence-corrected chi connectivity index (χ3v) is 5.14. The monoisotopic (exact) mass is 350 g/mol. The first kappa shape index (κ1) is 18.2. The lowest BCUT2D eigenvalue weighted by molar-refractivity contribution is -0.132. The number of carbonyl (C=O) groups excluding carboxylic acids is 2. The maximum atomic E-state index is 12.7. The fourth-order valence-electron chi connectivity index (χ4n) is 3.27. The van der Waals surface area contributed by atoms with Crippen molar-refractivity contribution in [1.29, 1.82) is 0 Å². The largest absolute Gasteiger partial charge is 0.339 e. The Morgan fingerprint density at radius 2 is 1.50 bits per heavy atom. The topological polar surface area (TPSA) is 40.6 Å². The minimum Gasteiger partial charge on any atom is -0.339 e. The Bertz CT molecular complexity index is 778. The smallest absolute Gasteiger partial charge is 0.253 e. The molecule has 26 heavy (non-hydrogen) atoms. The summed E-state index contributed by atoms with van der Waals surface area (Å²) in [7, 11) is 0. The lowest BCUT2D eigenvalue weighted by Crippen LogP contribution is -2.50. The average molecular weight is 350 g/mol. The van der Waals surface area contributed by atoms with Crippen LogP contribution < -0.4 is 0 Å². The number of aryl methyl sites for hydroxylation is 3. The Morgan fingerprint density at radius 1 is 0.846 bits per heavy atom. The molecule has 0 aliphatic carbocycles. The number of carbonyl (C=O) groups is 2. The van der Waals surface area contributed by atoms with Gasteiger partial charge >= 0.3 is 0 Å². The first-order chi connectivity index (χ1) is 12.5. The minimum atomic E-state index is 0.0597. The first-order valence-electron chi connectivity index (χ1n) is 9.23. The lowest BCUT2D eigenvalue weighted by atomic mass is 10.1. The van der Waals surface area contributed by atoms with Gasteiger partial charge in [0.25, 0.3) is 5.91 Å². The molecule has 0 N–H and O–H groups in total. The molecule has 0 unspecified atom stereocenters.